The molecule has 0 heterocycles. The van der Waals surface area contributed by atoms with Gasteiger partial charge in [0.25, 0.3) is 0 Å². The lowest BCUT2D eigenvalue weighted by atomic mass is 9.91. The summed E-state index contributed by atoms with van der Waals surface area (Å²) in [7, 11) is 3.14. The first kappa shape index (κ1) is 14.4. The van der Waals surface area contributed by atoms with E-state index in [1.807, 2.05) is 20.8 Å². The highest BCUT2D eigenvalue weighted by molar-refractivity contribution is 5.85. The number of hydrogen-bond donors (Lipinski definition) is 0. The summed E-state index contributed by atoms with van der Waals surface area (Å²) in [4.78, 5) is 11.8. The van der Waals surface area contributed by atoms with Gasteiger partial charge in [0, 0.05) is 23.6 Å². The van der Waals surface area contributed by atoms with Gasteiger partial charge >= 0.3 is 0 Å². The molecule has 0 amide bonds. The van der Waals surface area contributed by atoms with E-state index in [-0.39, 0.29) is 12.4 Å². The van der Waals surface area contributed by atoms with E-state index in [0.717, 1.165) is 0 Å². The summed E-state index contributed by atoms with van der Waals surface area (Å²) in [6.45, 7) is 5.64. The summed E-state index contributed by atoms with van der Waals surface area (Å²) in [5.74, 6) is 1.87. The van der Waals surface area contributed by atoms with Crippen molar-refractivity contribution in [3.63, 3.8) is 0 Å². The van der Waals surface area contributed by atoms with Crippen molar-refractivity contribution in [3.05, 3.63) is 18.2 Å². The number of rotatable bonds is 5. The number of ketones is 1. The van der Waals surface area contributed by atoms with E-state index in [1.165, 1.54) is 0 Å². The fourth-order valence-electron chi connectivity index (χ4n) is 1.23. The number of carbonyl (C=O) groups is 1. The van der Waals surface area contributed by atoms with E-state index in [4.69, 9.17) is 14.2 Å². The predicted molar refractivity (Wildman–Crippen MR) is 69.5 cm³/mol. The van der Waals surface area contributed by atoms with E-state index in [0.29, 0.717) is 17.2 Å². The van der Waals surface area contributed by atoms with Crippen molar-refractivity contribution in [3.8, 4) is 17.2 Å². The zero-order chi connectivity index (χ0) is 13.8. The molecular formula is C14H20O4. The second-order valence-electron chi connectivity index (χ2n) is 5.01. The third kappa shape index (κ3) is 3.95. The molecule has 0 N–H and O–H groups in total. The molecule has 0 saturated heterocycles. The van der Waals surface area contributed by atoms with Gasteiger partial charge in [0.1, 0.15) is 23.9 Å². The molecule has 0 aliphatic rings. The largest absolute Gasteiger partial charge is 0.496 e. The summed E-state index contributed by atoms with van der Waals surface area (Å²) < 4.78 is 15.7. The van der Waals surface area contributed by atoms with Gasteiger partial charge in [-0.2, -0.15) is 0 Å². The monoisotopic (exact) mass is 252 g/mol. The Balaban J connectivity index is 2.76. The minimum absolute atomic E-state index is 0.0415. The molecule has 0 aliphatic heterocycles. The Hall–Kier alpha value is -1.71. The Morgan fingerprint density at radius 3 is 1.83 bits per heavy atom. The minimum atomic E-state index is -0.400. The van der Waals surface area contributed by atoms with E-state index >= 15 is 0 Å². The van der Waals surface area contributed by atoms with Crippen LogP contribution in [0.3, 0.4) is 0 Å². The molecule has 0 saturated carbocycles. The molecular weight excluding hydrogens is 232 g/mol. The van der Waals surface area contributed by atoms with Crippen LogP contribution in [0.4, 0.5) is 0 Å². The number of carbonyl (C=O) groups excluding carboxylic acids is 1. The topological polar surface area (TPSA) is 44.8 Å². The molecule has 0 aromatic heterocycles. The van der Waals surface area contributed by atoms with Crippen LogP contribution >= 0.6 is 0 Å². The van der Waals surface area contributed by atoms with Gasteiger partial charge in [-0.3, -0.25) is 4.79 Å². The van der Waals surface area contributed by atoms with Gasteiger partial charge < -0.3 is 14.2 Å². The number of benzene rings is 1. The lowest BCUT2D eigenvalue weighted by molar-refractivity contribution is -0.128. The Labute approximate surface area is 108 Å². The number of methoxy groups -OCH3 is 2. The van der Waals surface area contributed by atoms with Gasteiger partial charge in [-0.05, 0) is 0 Å². The predicted octanol–water partition coefficient (Wildman–Crippen LogP) is 2.70. The summed E-state index contributed by atoms with van der Waals surface area (Å²) >= 11 is 0. The highest BCUT2D eigenvalue weighted by atomic mass is 16.5. The standard InChI is InChI=1S/C14H20O4/c1-14(2,3)13(15)9-18-12-7-10(16-4)6-11(8-12)17-5/h6-8H,9H2,1-5H3. The second kappa shape index (κ2) is 5.76. The smallest absolute Gasteiger partial charge is 0.175 e. The maximum absolute atomic E-state index is 11.8. The van der Waals surface area contributed by atoms with Crippen LogP contribution in [0, 0.1) is 5.41 Å². The SMILES string of the molecule is COc1cc(OC)cc(OCC(=O)C(C)(C)C)c1. The average molecular weight is 252 g/mol. The van der Waals surface area contributed by atoms with Gasteiger partial charge in [0.05, 0.1) is 14.2 Å². The first-order chi connectivity index (χ1) is 8.36. The Morgan fingerprint density at radius 1 is 1.00 bits per heavy atom. The highest BCUT2D eigenvalue weighted by Crippen LogP contribution is 2.27. The Bertz CT molecular complexity index is 396. The van der Waals surface area contributed by atoms with Crippen molar-refractivity contribution < 1.29 is 19.0 Å². The van der Waals surface area contributed by atoms with Crippen molar-refractivity contribution in [1.82, 2.24) is 0 Å². The summed E-state index contributed by atoms with van der Waals surface area (Å²) in [5.41, 5.74) is -0.400. The molecule has 18 heavy (non-hydrogen) atoms. The molecule has 0 unspecified atom stereocenters. The molecule has 0 aliphatic carbocycles. The van der Waals surface area contributed by atoms with Crippen molar-refractivity contribution in [2.75, 3.05) is 20.8 Å². The van der Waals surface area contributed by atoms with Crippen molar-refractivity contribution >= 4 is 5.78 Å². The van der Waals surface area contributed by atoms with Gasteiger partial charge in [0.2, 0.25) is 0 Å². The molecule has 1 rings (SSSR count). The van der Waals surface area contributed by atoms with Gasteiger partial charge in [-0.25, -0.2) is 0 Å². The molecule has 0 fully saturated rings. The fraction of sp³-hybridized carbons (Fsp3) is 0.500. The molecule has 1 aromatic carbocycles. The Morgan fingerprint density at radius 2 is 1.44 bits per heavy atom. The van der Waals surface area contributed by atoms with Gasteiger partial charge in [0.15, 0.2) is 5.78 Å². The van der Waals surface area contributed by atoms with Crippen LogP contribution in [-0.4, -0.2) is 26.6 Å². The molecule has 4 heteroatoms. The average Bonchev–Trinajstić information content (AvgIpc) is 2.34. The van der Waals surface area contributed by atoms with Crippen molar-refractivity contribution in [2.45, 2.75) is 20.8 Å². The summed E-state index contributed by atoms with van der Waals surface area (Å²) in [6, 6.07) is 5.19. The second-order valence-corrected chi connectivity index (χ2v) is 5.01. The van der Waals surface area contributed by atoms with Crippen LogP contribution in [-0.2, 0) is 4.79 Å². The van der Waals surface area contributed by atoms with Crippen LogP contribution < -0.4 is 14.2 Å². The maximum atomic E-state index is 11.8. The molecule has 0 radical (unpaired) electrons. The van der Waals surface area contributed by atoms with Gasteiger partial charge in [-0.15, -0.1) is 0 Å². The fourth-order valence-corrected chi connectivity index (χ4v) is 1.23. The third-order valence-corrected chi connectivity index (χ3v) is 2.53. The van der Waals surface area contributed by atoms with E-state index in [2.05, 4.69) is 0 Å². The lowest BCUT2D eigenvalue weighted by Crippen LogP contribution is -2.26. The lowest BCUT2D eigenvalue weighted by Gasteiger charge is -2.17. The number of ether oxygens (including phenoxy) is 3. The zero-order valence-electron chi connectivity index (χ0n) is 11.6. The molecule has 1 aromatic rings. The third-order valence-electron chi connectivity index (χ3n) is 2.53. The molecule has 0 bridgehead atoms. The number of Topliss-reactive ketones (excluding diaryl/α,β-unsaturated/α-hetero) is 1. The normalized spacial score (nSPS) is 10.9. The van der Waals surface area contributed by atoms with Crippen molar-refractivity contribution in [1.29, 1.82) is 0 Å². The van der Waals surface area contributed by atoms with Crippen molar-refractivity contribution in [2.24, 2.45) is 5.41 Å². The first-order valence-electron chi connectivity index (χ1n) is 5.76. The summed E-state index contributed by atoms with van der Waals surface area (Å²) in [6.07, 6.45) is 0. The maximum Gasteiger partial charge on any atom is 0.175 e. The summed E-state index contributed by atoms with van der Waals surface area (Å²) in [5, 5.41) is 0. The number of hydrogen-bond acceptors (Lipinski definition) is 4. The zero-order valence-corrected chi connectivity index (χ0v) is 11.6. The highest BCUT2D eigenvalue weighted by Gasteiger charge is 2.21. The Kier molecular flexibility index (Phi) is 4.59. The van der Waals surface area contributed by atoms with E-state index in [1.54, 1.807) is 32.4 Å². The van der Waals surface area contributed by atoms with Crippen LogP contribution in [0.5, 0.6) is 17.2 Å². The van der Waals surface area contributed by atoms with Crippen LogP contribution in [0.1, 0.15) is 20.8 Å². The quantitative estimate of drug-likeness (QED) is 0.808. The molecule has 0 atom stereocenters. The van der Waals surface area contributed by atoms with E-state index < -0.39 is 5.41 Å². The van der Waals surface area contributed by atoms with Crippen LogP contribution in [0.2, 0.25) is 0 Å². The van der Waals surface area contributed by atoms with E-state index in [9.17, 15) is 4.79 Å². The molecule has 100 valence electrons. The molecule has 0 spiro atoms. The molecule has 4 nitrogen and oxygen atoms in total. The minimum Gasteiger partial charge on any atom is -0.496 e. The van der Waals surface area contributed by atoms with Crippen LogP contribution in [0.25, 0.3) is 0 Å². The van der Waals surface area contributed by atoms with Gasteiger partial charge in [-0.1, -0.05) is 20.8 Å². The van der Waals surface area contributed by atoms with Crippen LogP contribution in [0.15, 0.2) is 18.2 Å². The first-order valence-corrected chi connectivity index (χ1v) is 5.76.